The van der Waals surface area contributed by atoms with Crippen molar-refractivity contribution in [2.24, 2.45) is 10.8 Å². The van der Waals surface area contributed by atoms with Crippen LogP contribution in [0.4, 0.5) is 0 Å². The molecular formula is C20H42O4Sn. The van der Waals surface area contributed by atoms with Crippen molar-refractivity contribution in [1.82, 2.24) is 0 Å². The molecule has 0 aromatic heterocycles. The Hall–Kier alpha value is -0.261. The fourth-order valence-corrected chi connectivity index (χ4v) is 2.22. The number of carboxylic acids is 2. The first-order chi connectivity index (χ1) is 10.8. The second-order valence-corrected chi connectivity index (χ2v) is 9.03. The van der Waals surface area contributed by atoms with Gasteiger partial charge in [0.25, 0.3) is 0 Å². The first-order valence-corrected chi connectivity index (χ1v) is 9.27. The molecule has 0 saturated heterocycles. The molecule has 2 radical (unpaired) electrons. The van der Waals surface area contributed by atoms with E-state index in [1.54, 1.807) is 0 Å². The topological polar surface area (TPSA) is 74.6 Å². The Morgan fingerprint density at radius 1 is 0.600 bits per heavy atom. The van der Waals surface area contributed by atoms with Crippen molar-refractivity contribution in [3.63, 3.8) is 0 Å². The van der Waals surface area contributed by atoms with E-state index in [4.69, 9.17) is 10.2 Å². The van der Waals surface area contributed by atoms with Gasteiger partial charge in [-0.1, -0.05) is 67.2 Å². The standard InChI is InChI=1S/2C10H20O2.Sn.2H/c2*1-10(2,3)8-6-4-5-7-9(11)12;;;/h2*4-8H2,1-3H3,(H,11,12);;;. The third-order valence-electron chi connectivity index (χ3n) is 3.63. The van der Waals surface area contributed by atoms with Gasteiger partial charge in [-0.15, -0.1) is 0 Å². The molecule has 0 unspecified atom stereocenters. The molecular weight excluding hydrogens is 423 g/mol. The Balaban J connectivity index is -0.000000372. The van der Waals surface area contributed by atoms with Crippen LogP contribution in [-0.2, 0) is 9.59 Å². The molecule has 0 fully saturated rings. The average molecular weight is 465 g/mol. The molecule has 4 nitrogen and oxygen atoms in total. The van der Waals surface area contributed by atoms with Crippen LogP contribution >= 0.6 is 0 Å². The van der Waals surface area contributed by atoms with Gasteiger partial charge >= 0.3 is 35.8 Å². The predicted octanol–water partition coefficient (Wildman–Crippen LogP) is 5.22. The zero-order valence-corrected chi connectivity index (χ0v) is 21.5. The monoisotopic (exact) mass is 466 g/mol. The van der Waals surface area contributed by atoms with Gasteiger partial charge in [-0.2, -0.15) is 0 Å². The van der Waals surface area contributed by atoms with Crippen LogP contribution in [0.3, 0.4) is 0 Å². The van der Waals surface area contributed by atoms with Crippen LogP contribution in [0.25, 0.3) is 0 Å². The van der Waals surface area contributed by atoms with E-state index in [-0.39, 0.29) is 23.9 Å². The number of carboxylic acid groups (broad SMARTS) is 2. The Morgan fingerprint density at radius 2 is 0.880 bits per heavy atom. The number of hydrogen-bond acceptors (Lipinski definition) is 2. The Bertz CT molecular complexity index is 307. The van der Waals surface area contributed by atoms with Crippen LogP contribution < -0.4 is 0 Å². The second-order valence-electron chi connectivity index (χ2n) is 9.03. The summed E-state index contributed by atoms with van der Waals surface area (Å²) in [6.45, 7) is 13.3. The summed E-state index contributed by atoms with van der Waals surface area (Å²) >= 11 is 0. The Morgan fingerprint density at radius 3 is 1.08 bits per heavy atom. The average Bonchev–Trinajstić information content (AvgIpc) is 2.35. The third-order valence-corrected chi connectivity index (χ3v) is 3.63. The van der Waals surface area contributed by atoms with E-state index in [0.717, 1.165) is 38.5 Å². The van der Waals surface area contributed by atoms with Gasteiger partial charge in [0, 0.05) is 12.8 Å². The molecule has 0 rings (SSSR count). The summed E-state index contributed by atoms with van der Waals surface area (Å²) in [6.07, 6.45) is 9.06. The van der Waals surface area contributed by atoms with E-state index in [2.05, 4.69) is 41.5 Å². The van der Waals surface area contributed by atoms with Gasteiger partial charge in [0.1, 0.15) is 0 Å². The van der Waals surface area contributed by atoms with E-state index >= 15 is 0 Å². The van der Waals surface area contributed by atoms with Gasteiger partial charge in [0.2, 0.25) is 0 Å². The summed E-state index contributed by atoms with van der Waals surface area (Å²) in [5.74, 6) is -1.35. The van der Waals surface area contributed by atoms with E-state index in [1.165, 1.54) is 12.8 Å². The van der Waals surface area contributed by atoms with Gasteiger partial charge in [-0.05, 0) is 36.5 Å². The van der Waals surface area contributed by atoms with Crippen molar-refractivity contribution in [3.05, 3.63) is 0 Å². The van der Waals surface area contributed by atoms with Gasteiger partial charge in [0.05, 0.1) is 0 Å². The molecule has 0 aliphatic carbocycles. The molecule has 0 bridgehead atoms. The number of aliphatic carboxylic acids is 2. The molecule has 0 saturated carbocycles. The molecule has 25 heavy (non-hydrogen) atoms. The first-order valence-electron chi connectivity index (χ1n) is 9.27. The molecule has 0 aromatic rings. The molecule has 0 amide bonds. The molecule has 0 atom stereocenters. The summed E-state index contributed by atoms with van der Waals surface area (Å²) in [4.78, 5) is 20.3. The van der Waals surface area contributed by atoms with Crippen molar-refractivity contribution in [3.8, 4) is 0 Å². The second kappa shape index (κ2) is 16.0. The van der Waals surface area contributed by atoms with E-state index in [1.807, 2.05) is 0 Å². The molecule has 0 heterocycles. The van der Waals surface area contributed by atoms with Crippen molar-refractivity contribution >= 4 is 35.8 Å². The number of hydrogen-bond donors (Lipinski definition) is 2. The van der Waals surface area contributed by atoms with Gasteiger partial charge in [-0.25, -0.2) is 0 Å². The van der Waals surface area contributed by atoms with Gasteiger partial charge in [-0.3, -0.25) is 9.59 Å². The van der Waals surface area contributed by atoms with Crippen LogP contribution in [0.2, 0.25) is 0 Å². The van der Waals surface area contributed by atoms with Gasteiger partial charge in [0.15, 0.2) is 0 Å². The Kier molecular flexibility index (Phi) is 18.8. The summed E-state index contributed by atoms with van der Waals surface area (Å²) in [5, 5.41) is 16.7. The first kappa shape index (κ1) is 29.5. The van der Waals surface area contributed by atoms with E-state index in [9.17, 15) is 9.59 Å². The number of rotatable bonds is 10. The van der Waals surface area contributed by atoms with Crippen LogP contribution in [0.5, 0.6) is 0 Å². The van der Waals surface area contributed by atoms with Crippen LogP contribution in [-0.4, -0.2) is 46.1 Å². The van der Waals surface area contributed by atoms with E-state index in [0.29, 0.717) is 23.7 Å². The van der Waals surface area contributed by atoms with Crippen LogP contribution in [0.15, 0.2) is 0 Å². The Labute approximate surface area is 172 Å². The van der Waals surface area contributed by atoms with Crippen molar-refractivity contribution < 1.29 is 19.8 Å². The molecule has 0 aromatic carbocycles. The number of unbranched alkanes of at least 4 members (excludes halogenated alkanes) is 4. The zero-order chi connectivity index (χ0) is 19.2. The summed E-state index contributed by atoms with van der Waals surface area (Å²) in [7, 11) is 0. The molecule has 2 N–H and O–H groups in total. The minimum absolute atomic E-state index is 0. The minimum atomic E-state index is -0.675. The van der Waals surface area contributed by atoms with Crippen LogP contribution in [0.1, 0.15) is 106 Å². The van der Waals surface area contributed by atoms with Crippen LogP contribution in [0, 0.1) is 10.8 Å². The zero-order valence-electron chi connectivity index (χ0n) is 17.5. The van der Waals surface area contributed by atoms with Gasteiger partial charge < -0.3 is 10.2 Å². The fourth-order valence-electron chi connectivity index (χ4n) is 2.22. The maximum absolute atomic E-state index is 10.2. The summed E-state index contributed by atoms with van der Waals surface area (Å²) in [5.41, 5.74) is 0.784. The van der Waals surface area contributed by atoms with Crippen molar-refractivity contribution in [2.75, 3.05) is 0 Å². The maximum atomic E-state index is 10.2. The fraction of sp³-hybridized carbons (Fsp3) is 0.900. The summed E-state index contributed by atoms with van der Waals surface area (Å²) in [6, 6.07) is 0. The third kappa shape index (κ3) is 35.7. The molecule has 0 aliphatic rings. The molecule has 0 aliphatic heterocycles. The normalized spacial score (nSPS) is 11.1. The SMILES string of the molecule is CC(C)(C)CCCCCC(=O)O.CC(C)(C)CCCCCC(=O)O.[SnH2]. The van der Waals surface area contributed by atoms with Crippen molar-refractivity contribution in [2.45, 2.75) is 106 Å². The predicted molar refractivity (Wildman–Crippen MR) is 109 cm³/mol. The molecule has 5 heteroatoms. The van der Waals surface area contributed by atoms with Crippen molar-refractivity contribution in [1.29, 1.82) is 0 Å². The molecule has 0 spiro atoms. The summed E-state index contributed by atoms with van der Waals surface area (Å²) < 4.78 is 0. The van der Waals surface area contributed by atoms with E-state index < -0.39 is 11.9 Å². The molecule has 150 valence electrons. The number of carbonyl (C=O) groups is 2. The quantitative estimate of drug-likeness (QED) is 0.343.